The van der Waals surface area contributed by atoms with Crippen LogP contribution in [0, 0.1) is 5.82 Å². The number of nitrogens with one attached hydrogen (secondary N) is 1. The van der Waals surface area contributed by atoms with Gasteiger partial charge in [0.1, 0.15) is 5.82 Å². The molecule has 4 nitrogen and oxygen atoms in total. The highest BCUT2D eigenvalue weighted by molar-refractivity contribution is 9.10. The standard InChI is InChI=1S/C16H10BrFN2O2/c17-14-7-11(18)4-5-13(14)16(21)20-12-3-1-2-10(6-12)15-8-19-9-22-15/h1-9H,(H,20,21). The van der Waals surface area contributed by atoms with Gasteiger partial charge in [0.2, 0.25) is 0 Å². The number of aromatic nitrogens is 1. The molecule has 1 N–H and O–H groups in total. The van der Waals surface area contributed by atoms with Crippen LogP contribution in [0.25, 0.3) is 11.3 Å². The zero-order valence-corrected chi connectivity index (χ0v) is 12.8. The van der Waals surface area contributed by atoms with Crippen LogP contribution < -0.4 is 5.32 Å². The Bertz CT molecular complexity index is 819. The fourth-order valence-electron chi connectivity index (χ4n) is 1.98. The second-order valence-corrected chi connectivity index (χ2v) is 5.38. The van der Waals surface area contributed by atoms with Gasteiger partial charge in [0.05, 0.1) is 11.8 Å². The Hall–Kier alpha value is -2.47. The minimum absolute atomic E-state index is 0.332. The number of halogens is 2. The van der Waals surface area contributed by atoms with Crippen molar-refractivity contribution in [2.24, 2.45) is 0 Å². The molecule has 0 spiro atoms. The first-order valence-electron chi connectivity index (χ1n) is 6.39. The van der Waals surface area contributed by atoms with E-state index in [9.17, 15) is 9.18 Å². The van der Waals surface area contributed by atoms with Gasteiger partial charge in [0.15, 0.2) is 12.2 Å². The van der Waals surface area contributed by atoms with Gasteiger partial charge in [-0.15, -0.1) is 0 Å². The lowest BCUT2D eigenvalue weighted by Crippen LogP contribution is -2.12. The van der Waals surface area contributed by atoms with Gasteiger partial charge in [-0.25, -0.2) is 9.37 Å². The van der Waals surface area contributed by atoms with Crippen LogP contribution in [0.5, 0.6) is 0 Å². The average molecular weight is 361 g/mol. The van der Waals surface area contributed by atoms with Gasteiger partial charge >= 0.3 is 0 Å². The van der Waals surface area contributed by atoms with Gasteiger partial charge in [0.25, 0.3) is 5.91 Å². The Labute approximate surface area is 134 Å². The molecule has 3 aromatic rings. The van der Waals surface area contributed by atoms with Gasteiger partial charge in [-0.1, -0.05) is 12.1 Å². The molecule has 0 saturated carbocycles. The minimum atomic E-state index is -0.407. The number of carbonyl (C=O) groups is 1. The molecule has 0 aliphatic carbocycles. The molecule has 0 radical (unpaired) electrons. The Morgan fingerprint density at radius 2 is 2.09 bits per heavy atom. The van der Waals surface area contributed by atoms with Crippen LogP contribution >= 0.6 is 15.9 Å². The Balaban J connectivity index is 1.84. The topological polar surface area (TPSA) is 55.1 Å². The fourth-order valence-corrected chi connectivity index (χ4v) is 2.51. The second kappa shape index (κ2) is 6.11. The lowest BCUT2D eigenvalue weighted by molar-refractivity contribution is 0.102. The molecule has 1 aromatic heterocycles. The van der Waals surface area contributed by atoms with E-state index in [-0.39, 0.29) is 5.91 Å². The summed E-state index contributed by atoms with van der Waals surface area (Å²) in [5, 5.41) is 2.77. The maximum Gasteiger partial charge on any atom is 0.256 e. The van der Waals surface area contributed by atoms with E-state index in [2.05, 4.69) is 26.2 Å². The third-order valence-corrected chi connectivity index (χ3v) is 3.67. The molecule has 22 heavy (non-hydrogen) atoms. The van der Waals surface area contributed by atoms with Crippen molar-refractivity contribution in [2.75, 3.05) is 5.32 Å². The van der Waals surface area contributed by atoms with Crippen LogP contribution in [-0.4, -0.2) is 10.9 Å². The summed E-state index contributed by atoms with van der Waals surface area (Å²) in [5.41, 5.74) is 1.76. The van der Waals surface area contributed by atoms with E-state index < -0.39 is 5.82 Å². The molecule has 110 valence electrons. The highest BCUT2D eigenvalue weighted by Gasteiger charge is 2.11. The monoisotopic (exact) mass is 360 g/mol. The molecule has 0 atom stereocenters. The highest BCUT2D eigenvalue weighted by Crippen LogP contribution is 2.24. The maximum atomic E-state index is 13.1. The van der Waals surface area contributed by atoms with Crippen LogP contribution in [0.15, 0.2) is 63.9 Å². The highest BCUT2D eigenvalue weighted by atomic mass is 79.9. The predicted octanol–water partition coefficient (Wildman–Crippen LogP) is 4.50. The molecule has 0 bridgehead atoms. The zero-order chi connectivity index (χ0) is 15.5. The van der Waals surface area contributed by atoms with Gasteiger partial charge in [-0.05, 0) is 46.3 Å². The van der Waals surface area contributed by atoms with Gasteiger partial charge in [0, 0.05) is 15.7 Å². The van der Waals surface area contributed by atoms with Crippen LogP contribution in [0.4, 0.5) is 10.1 Å². The SMILES string of the molecule is O=C(Nc1cccc(-c2cnco2)c1)c1ccc(F)cc1Br. The summed E-state index contributed by atoms with van der Waals surface area (Å²) < 4.78 is 18.7. The van der Waals surface area contributed by atoms with E-state index in [1.165, 1.54) is 24.6 Å². The molecule has 1 amide bonds. The van der Waals surface area contributed by atoms with Crippen molar-refractivity contribution in [3.63, 3.8) is 0 Å². The van der Waals surface area contributed by atoms with Crippen molar-refractivity contribution in [2.45, 2.75) is 0 Å². The third kappa shape index (κ3) is 3.07. The van der Waals surface area contributed by atoms with E-state index in [0.29, 0.717) is 21.5 Å². The summed E-state index contributed by atoms with van der Waals surface area (Å²) in [6, 6.07) is 11.1. The number of amides is 1. The van der Waals surface area contributed by atoms with E-state index in [1.807, 2.05) is 6.07 Å². The average Bonchev–Trinajstić information content (AvgIpc) is 3.01. The predicted molar refractivity (Wildman–Crippen MR) is 84.0 cm³/mol. The Morgan fingerprint density at radius 3 is 2.82 bits per heavy atom. The molecule has 3 rings (SSSR count). The van der Waals surface area contributed by atoms with Crippen molar-refractivity contribution in [3.8, 4) is 11.3 Å². The fraction of sp³-hybridized carbons (Fsp3) is 0. The lowest BCUT2D eigenvalue weighted by atomic mass is 10.1. The van der Waals surface area contributed by atoms with Crippen LogP contribution in [0.2, 0.25) is 0 Å². The smallest absolute Gasteiger partial charge is 0.256 e. The summed E-state index contributed by atoms with van der Waals surface area (Å²) in [4.78, 5) is 16.1. The number of nitrogens with zero attached hydrogens (tertiary/aromatic N) is 1. The molecule has 1 heterocycles. The second-order valence-electron chi connectivity index (χ2n) is 4.52. The Morgan fingerprint density at radius 1 is 1.23 bits per heavy atom. The zero-order valence-electron chi connectivity index (χ0n) is 11.2. The quantitative estimate of drug-likeness (QED) is 0.748. The first kappa shape index (κ1) is 14.5. The van der Waals surface area contributed by atoms with Crippen molar-refractivity contribution in [1.82, 2.24) is 4.98 Å². The number of benzene rings is 2. The third-order valence-electron chi connectivity index (χ3n) is 3.01. The first-order chi connectivity index (χ1) is 10.6. The molecular weight excluding hydrogens is 351 g/mol. The van der Waals surface area contributed by atoms with Gasteiger partial charge < -0.3 is 9.73 Å². The molecule has 6 heteroatoms. The largest absolute Gasteiger partial charge is 0.444 e. The number of hydrogen-bond acceptors (Lipinski definition) is 3. The summed E-state index contributed by atoms with van der Waals surface area (Å²) in [6.45, 7) is 0. The van der Waals surface area contributed by atoms with Gasteiger partial charge in [-0.2, -0.15) is 0 Å². The number of anilines is 1. The molecular formula is C16H10BrFN2O2. The van der Waals surface area contributed by atoms with Crippen LogP contribution in [0.1, 0.15) is 10.4 Å². The van der Waals surface area contributed by atoms with E-state index in [4.69, 9.17) is 4.42 Å². The van der Waals surface area contributed by atoms with Crippen molar-refractivity contribution < 1.29 is 13.6 Å². The summed E-state index contributed by atoms with van der Waals surface area (Å²) in [5.74, 6) is -0.128. The number of oxazole rings is 1. The summed E-state index contributed by atoms with van der Waals surface area (Å²) >= 11 is 3.18. The van der Waals surface area contributed by atoms with Crippen LogP contribution in [-0.2, 0) is 0 Å². The molecule has 0 saturated heterocycles. The van der Waals surface area contributed by atoms with E-state index >= 15 is 0 Å². The molecule has 0 unspecified atom stereocenters. The number of rotatable bonds is 3. The van der Waals surface area contributed by atoms with E-state index in [1.54, 1.807) is 24.4 Å². The normalized spacial score (nSPS) is 10.5. The minimum Gasteiger partial charge on any atom is -0.444 e. The van der Waals surface area contributed by atoms with Gasteiger partial charge in [-0.3, -0.25) is 4.79 Å². The number of carbonyl (C=O) groups excluding carboxylic acids is 1. The molecule has 2 aromatic carbocycles. The van der Waals surface area contributed by atoms with Crippen LogP contribution in [0.3, 0.4) is 0 Å². The Kier molecular flexibility index (Phi) is 4.02. The first-order valence-corrected chi connectivity index (χ1v) is 7.18. The van der Waals surface area contributed by atoms with Crippen molar-refractivity contribution in [1.29, 1.82) is 0 Å². The summed E-state index contributed by atoms with van der Waals surface area (Å²) in [6.07, 6.45) is 2.94. The maximum absolute atomic E-state index is 13.1. The summed E-state index contributed by atoms with van der Waals surface area (Å²) in [7, 11) is 0. The molecule has 0 aliphatic rings. The van der Waals surface area contributed by atoms with E-state index in [0.717, 1.165) is 5.56 Å². The van der Waals surface area contributed by atoms with Crippen molar-refractivity contribution >= 4 is 27.5 Å². The molecule has 0 fully saturated rings. The molecule has 0 aliphatic heterocycles. The lowest BCUT2D eigenvalue weighted by Gasteiger charge is -2.08. The van der Waals surface area contributed by atoms with Crippen molar-refractivity contribution in [3.05, 3.63) is 70.9 Å². The number of hydrogen-bond donors (Lipinski definition) is 1.